The Hall–Kier alpha value is -2.89. The van der Waals surface area contributed by atoms with E-state index in [1.807, 2.05) is 24.3 Å². The Bertz CT molecular complexity index is 744. The molecule has 118 valence electrons. The lowest BCUT2D eigenvalue weighted by Gasteiger charge is -2.09. The summed E-state index contributed by atoms with van der Waals surface area (Å²) in [6.45, 7) is 0. The summed E-state index contributed by atoms with van der Waals surface area (Å²) in [5.41, 5.74) is 1.94. The first-order valence-corrected chi connectivity index (χ1v) is 7.09. The zero-order valence-electron chi connectivity index (χ0n) is 12.5. The number of nitrogens with zero attached hydrogens (tertiary/aromatic N) is 1. The molecule has 3 rings (SSSR count). The van der Waals surface area contributed by atoms with E-state index >= 15 is 0 Å². The number of halogens is 1. The Kier molecular flexibility index (Phi) is 4.23. The number of nitrogens with one attached hydrogen (secondary N) is 1. The van der Waals surface area contributed by atoms with Crippen LogP contribution in [-0.4, -0.2) is 24.8 Å². The number of hydrogen-bond donors (Lipinski definition) is 1. The minimum Gasteiger partial charge on any atom is -0.497 e. The van der Waals surface area contributed by atoms with Crippen LogP contribution >= 0.6 is 0 Å². The van der Waals surface area contributed by atoms with Crippen molar-refractivity contribution in [1.82, 2.24) is 0 Å². The molecule has 0 fully saturated rings. The van der Waals surface area contributed by atoms with Crippen molar-refractivity contribution in [3.63, 3.8) is 0 Å². The summed E-state index contributed by atoms with van der Waals surface area (Å²) in [6, 6.07) is 13.0. The van der Waals surface area contributed by atoms with Gasteiger partial charge in [-0.05, 0) is 48.0 Å². The van der Waals surface area contributed by atoms with E-state index in [1.54, 1.807) is 13.2 Å². The van der Waals surface area contributed by atoms with Gasteiger partial charge in [0.05, 0.1) is 12.8 Å². The summed E-state index contributed by atoms with van der Waals surface area (Å²) in [6.07, 6.45) is -0.372. The maximum absolute atomic E-state index is 13.1. The number of carbonyl (C=O) groups excluding carboxylic acids is 1. The van der Waals surface area contributed by atoms with Gasteiger partial charge in [0.1, 0.15) is 11.6 Å². The molecule has 23 heavy (non-hydrogen) atoms. The molecule has 5 nitrogen and oxygen atoms in total. The van der Waals surface area contributed by atoms with Crippen molar-refractivity contribution in [3.8, 4) is 5.75 Å². The molecule has 1 amide bonds. The van der Waals surface area contributed by atoms with Gasteiger partial charge >= 0.3 is 0 Å². The first-order chi connectivity index (χ1) is 11.2. The van der Waals surface area contributed by atoms with Gasteiger partial charge in [-0.15, -0.1) is 0 Å². The molecule has 2 aromatic rings. The number of ether oxygens (including phenoxy) is 1. The van der Waals surface area contributed by atoms with Crippen LogP contribution in [-0.2, 0) is 9.63 Å². The van der Waals surface area contributed by atoms with E-state index in [-0.39, 0.29) is 5.91 Å². The third-order valence-electron chi connectivity index (χ3n) is 3.48. The van der Waals surface area contributed by atoms with Gasteiger partial charge in [-0.2, -0.15) is 0 Å². The predicted molar refractivity (Wildman–Crippen MR) is 84.1 cm³/mol. The quantitative estimate of drug-likeness (QED) is 0.944. The van der Waals surface area contributed by atoms with Crippen molar-refractivity contribution in [3.05, 3.63) is 59.9 Å². The molecular weight excluding hydrogens is 299 g/mol. The van der Waals surface area contributed by atoms with Crippen LogP contribution in [0.1, 0.15) is 12.0 Å². The molecular formula is C17H15FN2O3. The predicted octanol–water partition coefficient (Wildman–Crippen LogP) is 2.97. The topological polar surface area (TPSA) is 59.9 Å². The Labute approximate surface area is 132 Å². The molecule has 0 bridgehead atoms. The number of oxime groups is 1. The van der Waals surface area contributed by atoms with Gasteiger partial charge in [-0.1, -0.05) is 11.2 Å². The number of methoxy groups -OCH3 is 1. The molecule has 0 aromatic heterocycles. The van der Waals surface area contributed by atoms with Crippen LogP contribution in [0.5, 0.6) is 5.75 Å². The van der Waals surface area contributed by atoms with Gasteiger partial charge in [-0.3, -0.25) is 4.79 Å². The molecule has 1 aliphatic rings. The average molecular weight is 314 g/mol. The van der Waals surface area contributed by atoms with Crippen LogP contribution in [0, 0.1) is 5.82 Å². The van der Waals surface area contributed by atoms with E-state index in [1.165, 1.54) is 18.2 Å². The maximum atomic E-state index is 13.1. The minimum atomic E-state index is -0.727. The minimum absolute atomic E-state index is 0.355. The largest absolute Gasteiger partial charge is 0.497 e. The highest BCUT2D eigenvalue weighted by Crippen LogP contribution is 2.20. The number of hydrogen-bond acceptors (Lipinski definition) is 4. The van der Waals surface area contributed by atoms with E-state index in [9.17, 15) is 9.18 Å². The molecule has 1 heterocycles. The fourth-order valence-corrected chi connectivity index (χ4v) is 2.26. The Morgan fingerprint density at radius 2 is 2.09 bits per heavy atom. The number of carbonyl (C=O) groups is 1. The van der Waals surface area contributed by atoms with Crippen molar-refractivity contribution < 1.29 is 18.8 Å². The maximum Gasteiger partial charge on any atom is 0.268 e. The van der Waals surface area contributed by atoms with E-state index < -0.39 is 11.9 Å². The lowest BCUT2D eigenvalue weighted by molar-refractivity contribution is -0.125. The van der Waals surface area contributed by atoms with Gasteiger partial charge in [-0.25, -0.2) is 4.39 Å². The summed E-state index contributed by atoms with van der Waals surface area (Å²) in [4.78, 5) is 17.3. The highest BCUT2D eigenvalue weighted by atomic mass is 19.1. The third-order valence-corrected chi connectivity index (χ3v) is 3.48. The summed E-state index contributed by atoms with van der Waals surface area (Å²) in [7, 11) is 1.60. The molecule has 1 N–H and O–H groups in total. The first-order valence-electron chi connectivity index (χ1n) is 7.09. The van der Waals surface area contributed by atoms with E-state index in [0.29, 0.717) is 17.8 Å². The second-order valence-electron chi connectivity index (χ2n) is 5.06. The molecule has 0 radical (unpaired) electrons. The van der Waals surface area contributed by atoms with Crippen LogP contribution in [0.3, 0.4) is 0 Å². The molecule has 0 spiro atoms. The number of amides is 1. The number of benzene rings is 2. The summed E-state index contributed by atoms with van der Waals surface area (Å²) < 4.78 is 18.2. The average Bonchev–Trinajstić information content (AvgIpc) is 3.05. The van der Waals surface area contributed by atoms with Gasteiger partial charge < -0.3 is 14.9 Å². The number of rotatable bonds is 4. The summed E-state index contributed by atoms with van der Waals surface area (Å²) in [5.74, 6) is -0.0261. The molecule has 6 heteroatoms. The van der Waals surface area contributed by atoms with E-state index in [2.05, 4.69) is 10.5 Å². The second kappa shape index (κ2) is 6.48. The first kappa shape index (κ1) is 15.0. The highest BCUT2D eigenvalue weighted by molar-refractivity contribution is 6.06. The molecule has 1 unspecified atom stereocenters. The Morgan fingerprint density at radius 1 is 1.30 bits per heavy atom. The van der Waals surface area contributed by atoms with Crippen molar-refractivity contribution in [2.45, 2.75) is 12.5 Å². The van der Waals surface area contributed by atoms with E-state index in [0.717, 1.165) is 11.3 Å². The normalized spacial score (nSPS) is 16.4. The summed E-state index contributed by atoms with van der Waals surface area (Å²) >= 11 is 0. The third kappa shape index (κ3) is 3.48. The Balaban J connectivity index is 1.62. The van der Waals surface area contributed by atoms with Gasteiger partial charge in [0, 0.05) is 12.1 Å². The molecule has 1 atom stereocenters. The molecule has 0 saturated heterocycles. The van der Waals surface area contributed by atoms with E-state index in [4.69, 9.17) is 9.57 Å². The lowest BCUT2D eigenvalue weighted by atomic mass is 10.0. The lowest BCUT2D eigenvalue weighted by Crippen LogP contribution is -2.28. The summed E-state index contributed by atoms with van der Waals surface area (Å²) in [5, 5.41) is 6.58. The van der Waals surface area contributed by atoms with Crippen LogP contribution in [0.25, 0.3) is 0 Å². The SMILES string of the molecule is COc1ccc(C2=NOC(C(=O)Nc3cccc(F)c3)C2)cc1. The number of anilines is 1. The zero-order chi connectivity index (χ0) is 16.2. The highest BCUT2D eigenvalue weighted by Gasteiger charge is 2.29. The van der Waals surface area contributed by atoms with Crippen molar-refractivity contribution in [2.24, 2.45) is 5.16 Å². The van der Waals surface area contributed by atoms with Crippen molar-refractivity contribution in [1.29, 1.82) is 0 Å². The van der Waals surface area contributed by atoms with Crippen molar-refractivity contribution >= 4 is 17.3 Å². The van der Waals surface area contributed by atoms with Crippen molar-refractivity contribution in [2.75, 3.05) is 12.4 Å². The van der Waals surface area contributed by atoms with Crippen LogP contribution in [0.4, 0.5) is 10.1 Å². The monoisotopic (exact) mass is 314 g/mol. The zero-order valence-corrected chi connectivity index (χ0v) is 12.5. The van der Waals surface area contributed by atoms with Crippen LogP contribution in [0.2, 0.25) is 0 Å². The molecule has 2 aromatic carbocycles. The molecule has 0 aliphatic carbocycles. The van der Waals surface area contributed by atoms with Gasteiger partial charge in [0.2, 0.25) is 6.10 Å². The second-order valence-corrected chi connectivity index (χ2v) is 5.06. The smallest absolute Gasteiger partial charge is 0.268 e. The fourth-order valence-electron chi connectivity index (χ4n) is 2.26. The molecule has 1 aliphatic heterocycles. The fraction of sp³-hybridized carbons (Fsp3) is 0.176. The Morgan fingerprint density at radius 3 is 2.78 bits per heavy atom. The van der Waals surface area contributed by atoms with Gasteiger partial charge in [0.25, 0.3) is 5.91 Å². The van der Waals surface area contributed by atoms with Crippen LogP contribution < -0.4 is 10.1 Å². The van der Waals surface area contributed by atoms with Crippen LogP contribution in [0.15, 0.2) is 53.7 Å². The molecule has 0 saturated carbocycles. The standard InChI is InChI=1S/C17H15FN2O3/c1-22-14-7-5-11(6-8-14)15-10-16(23-20-15)17(21)19-13-4-2-3-12(18)9-13/h2-9,16H,10H2,1H3,(H,19,21). The van der Waals surface area contributed by atoms with Gasteiger partial charge in [0.15, 0.2) is 0 Å².